The fourth-order valence-electron chi connectivity index (χ4n) is 2.94. The number of fused-ring (bicyclic) bond motifs is 1. The van der Waals surface area contributed by atoms with E-state index in [4.69, 9.17) is 0 Å². The summed E-state index contributed by atoms with van der Waals surface area (Å²) in [6.07, 6.45) is 0.738. The minimum absolute atomic E-state index is 0.00128. The highest BCUT2D eigenvalue weighted by Gasteiger charge is 2.23. The van der Waals surface area contributed by atoms with E-state index in [0.29, 0.717) is 23.5 Å². The van der Waals surface area contributed by atoms with Crippen LogP contribution in [0.3, 0.4) is 0 Å². The zero-order valence-corrected chi connectivity index (χ0v) is 14.6. The van der Waals surface area contributed by atoms with Crippen molar-refractivity contribution >= 4 is 34.9 Å². The largest absolute Gasteiger partial charge is 0.341 e. The van der Waals surface area contributed by atoms with Crippen molar-refractivity contribution in [2.45, 2.75) is 13.3 Å². The predicted octanol–water partition coefficient (Wildman–Crippen LogP) is 2.60. The van der Waals surface area contributed by atoms with Gasteiger partial charge in [-0.1, -0.05) is 6.07 Å². The van der Waals surface area contributed by atoms with Crippen molar-refractivity contribution in [3.63, 3.8) is 0 Å². The first-order chi connectivity index (χ1) is 12.5. The van der Waals surface area contributed by atoms with Gasteiger partial charge in [-0.25, -0.2) is 4.79 Å². The summed E-state index contributed by atoms with van der Waals surface area (Å²) >= 11 is 0. The number of carbonyl (C=O) groups is 3. The summed E-state index contributed by atoms with van der Waals surface area (Å²) in [5.41, 5.74) is 3.54. The highest BCUT2D eigenvalue weighted by molar-refractivity contribution is 6.05. The summed E-state index contributed by atoms with van der Waals surface area (Å²) < 4.78 is 0. The van der Waals surface area contributed by atoms with Crippen molar-refractivity contribution in [2.75, 3.05) is 29.1 Å². The number of hydrogen-bond donors (Lipinski definition) is 3. The predicted molar refractivity (Wildman–Crippen MR) is 101 cm³/mol. The maximum atomic E-state index is 12.5. The quantitative estimate of drug-likeness (QED) is 0.793. The van der Waals surface area contributed by atoms with Gasteiger partial charge in [0.05, 0.1) is 0 Å². The van der Waals surface area contributed by atoms with Crippen molar-refractivity contribution < 1.29 is 14.4 Å². The Kier molecular flexibility index (Phi) is 4.88. The minimum Gasteiger partial charge on any atom is -0.341 e. The van der Waals surface area contributed by atoms with Gasteiger partial charge in [0.2, 0.25) is 5.91 Å². The number of carbonyl (C=O) groups excluding carboxylic acids is 3. The van der Waals surface area contributed by atoms with E-state index in [-0.39, 0.29) is 17.8 Å². The van der Waals surface area contributed by atoms with Crippen molar-refractivity contribution in [1.29, 1.82) is 0 Å². The molecule has 26 heavy (non-hydrogen) atoms. The number of amides is 4. The van der Waals surface area contributed by atoms with E-state index in [0.717, 1.165) is 17.7 Å². The average molecular weight is 352 g/mol. The van der Waals surface area contributed by atoms with E-state index >= 15 is 0 Å². The van der Waals surface area contributed by atoms with E-state index in [2.05, 4.69) is 16.0 Å². The molecule has 4 amide bonds. The molecule has 0 radical (unpaired) electrons. The third-order valence-corrected chi connectivity index (χ3v) is 4.22. The van der Waals surface area contributed by atoms with Gasteiger partial charge < -0.3 is 20.9 Å². The summed E-state index contributed by atoms with van der Waals surface area (Å²) in [5.74, 6) is -0.243. The first kappa shape index (κ1) is 17.5. The SMILES string of the molecule is CNC(=O)Nc1cccc(NC(=O)c2ccc3c(c2)CCN3C(C)=O)c1. The second-order valence-electron chi connectivity index (χ2n) is 6.00. The lowest BCUT2D eigenvalue weighted by molar-refractivity contribution is -0.116. The first-order valence-corrected chi connectivity index (χ1v) is 8.29. The molecule has 0 aliphatic carbocycles. The second kappa shape index (κ2) is 7.26. The molecule has 2 aromatic rings. The zero-order chi connectivity index (χ0) is 18.7. The Labute approximate surface area is 151 Å². The van der Waals surface area contributed by atoms with E-state index in [9.17, 15) is 14.4 Å². The Morgan fingerprint density at radius 3 is 2.42 bits per heavy atom. The second-order valence-corrected chi connectivity index (χ2v) is 6.00. The molecule has 0 atom stereocenters. The Hall–Kier alpha value is -3.35. The normalized spacial score (nSPS) is 12.3. The van der Waals surface area contributed by atoms with Crippen molar-refractivity contribution in [3.05, 3.63) is 53.6 Å². The lowest BCUT2D eigenvalue weighted by atomic mass is 10.1. The number of rotatable bonds is 3. The topological polar surface area (TPSA) is 90.5 Å². The monoisotopic (exact) mass is 352 g/mol. The van der Waals surface area contributed by atoms with E-state index in [1.54, 1.807) is 35.2 Å². The Morgan fingerprint density at radius 2 is 1.73 bits per heavy atom. The summed E-state index contributed by atoms with van der Waals surface area (Å²) in [7, 11) is 1.53. The Bertz CT molecular complexity index is 879. The van der Waals surface area contributed by atoms with Gasteiger partial charge in [0.15, 0.2) is 0 Å². The molecular formula is C19H20N4O3. The van der Waals surface area contributed by atoms with Gasteiger partial charge in [0.25, 0.3) is 5.91 Å². The molecule has 1 heterocycles. The standard InChI is InChI=1S/C19H20N4O3/c1-12(24)23-9-8-13-10-14(6-7-17(13)23)18(25)21-15-4-3-5-16(11-15)22-19(26)20-2/h3-7,10-11H,8-9H2,1-2H3,(H,21,25)(H2,20,22,26). The summed E-state index contributed by atoms with van der Waals surface area (Å²) in [6.45, 7) is 2.18. The van der Waals surface area contributed by atoms with Crippen LogP contribution in [0, 0.1) is 0 Å². The Balaban J connectivity index is 1.74. The van der Waals surface area contributed by atoms with Gasteiger partial charge >= 0.3 is 6.03 Å². The van der Waals surface area contributed by atoms with Crippen LogP contribution in [-0.2, 0) is 11.2 Å². The van der Waals surface area contributed by atoms with Gasteiger partial charge in [-0.05, 0) is 48.4 Å². The molecule has 0 aromatic heterocycles. The smallest absolute Gasteiger partial charge is 0.318 e. The maximum absolute atomic E-state index is 12.5. The minimum atomic E-state index is -0.331. The van der Waals surface area contributed by atoms with E-state index in [1.165, 1.54) is 14.0 Å². The van der Waals surface area contributed by atoms with Crippen LogP contribution in [0.25, 0.3) is 0 Å². The number of benzene rings is 2. The fourth-order valence-corrected chi connectivity index (χ4v) is 2.94. The molecule has 7 nitrogen and oxygen atoms in total. The highest BCUT2D eigenvalue weighted by Crippen LogP contribution is 2.29. The molecule has 134 valence electrons. The third-order valence-electron chi connectivity index (χ3n) is 4.22. The zero-order valence-electron chi connectivity index (χ0n) is 14.6. The number of nitrogens with zero attached hydrogens (tertiary/aromatic N) is 1. The van der Waals surface area contributed by atoms with Crippen molar-refractivity contribution in [3.8, 4) is 0 Å². The molecule has 0 bridgehead atoms. The van der Waals surface area contributed by atoms with Crippen LogP contribution in [0.15, 0.2) is 42.5 Å². The molecule has 0 fully saturated rings. The van der Waals surface area contributed by atoms with E-state index in [1.807, 2.05) is 12.1 Å². The Morgan fingerprint density at radius 1 is 1.00 bits per heavy atom. The molecule has 0 unspecified atom stereocenters. The van der Waals surface area contributed by atoms with Crippen LogP contribution in [-0.4, -0.2) is 31.4 Å². The number of anilines is 3. The van der Waals surface area contributed by atoms with Crippen LogP contribution < -0.4 is 20.9 Å². The average Bonchev–Trinajstić information content (AvgIpc) is 3.05. The molecular weight excluding hydrogens is 332 g/mol. The summed E-state index contributed by atoms with van der Waals surface area (Å²) in [5, 5.41) is 7.95. The van der Waals surface area contributed by atoms with Gasteiger partial charge in [-0.2, -0.15) is 0 Å². The molecule has 1 aliphatic rings. The molecule has 3 N–H and O–H groups in total. The fraction of sp³-hybridized carbons (Fsp3) is 0.211. The van der Waals surface area contributed by atoms with Crippen LogP contribution in [0.4, 0.5) is 21.9 Å². The third kappa shape index (κ3) is 3.66. The number of hydrogen-bond acceptors (Lipinski definition) is 3. The van der Waals surface area contributed by atoms with Crippen LogP contribution in [0.1, 0.15) is 22.8 Å². The molecule has 0 spiro atoms. The molecule has 0 saturated heterocycles. The molecule has 1 aliphatic heterocycles. The molecule has 0 saturated carbocycles. The van der Waals surface area contributed by atoms with Crippen LogP contribution in [0.5, 0.6) is 0 Å². The van der Waals surface area contributed by atoms with E-state index < -0.39 is 0 Å². The molecule has 7 heteroatoms. The lowest BCUT2D eigenvalue weighted by Crippen LogP contribution is -2.25. The summed E-state index contributed by atoms with van der Waals surface area (Å²) in [4.78, 5) is 37.2. The first-order valence-electron chi connectivity index (χ1n) is 8.29. The van der Waals surface area contributed by atoms with Crippen LogP contribution in [0.2, 0.25) is 0 Å². The maximum Gasteiger partial charge on any atom is 0.318 e. The molecule has 2 aromatic carbocycles. The van der Waals surface area contributed by atoms with Crippen molar-refractivity contribution in [2.24, 2.45) is 0 Å². The van der Waals surface area contributed by atoms with Gasteiger partial charge in [0, 0.05) is 43.1 Å². The van der Waals surface area contributed by atoms with Gasteiger partial charge in [-0.15, -0.1) is 0 Å². The van der Waals surface area contributed by atoms with Crippen LogP contribution >= 0.6 is 0 Å². The number of urea groups is 1. The lowest BCUT2D eigenvalue weighted by Gasteiger charge is -2.15. The summed E-state index contributed by atoms with van der Waals surface area (Å²) in [6, 6.07) is 11.9. The molecule has 3 rings (SSSR count). The highest BCUT2D eigenvalue weighted by atomic mass is 16.2. The van der Waals surface area contributed by atoms with Gasteiger partial charge in [-0.3, -0.25) is 9.59 Å². The van der Waals surface area contributed by atoms with Gasteiger partial charge in [0.1, 0.15) is 0 Å². The van der Waals surface area contributed by atoms with Crippen molar-refractivity contribution in [1.82, 2.24) is 5.32 Å². The number of nitrogens with one attached hydrogen (secondary N) is 3.